The van der Waals surface area contributed by atoms with E-state index in [0.29, 0.717) is 23.2 Å². The second-order valence-electron chi connectivity index (χ2n) is 8.47. The van der Waals surface area contributed by atoms with Crippen molar-refractivity contribution in [1.82, 2.24) is 24.6 Å². The van der Waals surface area contributed by atoms with Gasteiger partial charge < -0.3 is 20.3 Å². The van der Waals surface area contributed by atoms with Crippen molar-refractivity contribution in [3.05, 3.63) is 54.2 Å². The van der Waals surface area contributed by atoms with Crippen molar-refractivity contribution in [3.63, 3.8) is 0 Å². The molecule has 170 valence electrons. The minimum Gasteiger partial charge on any atom is -0.493 e. The van der Waals surface area contributed by atoms with Gasteiger partial charge in [-0.3, -0.25) is 0 Å². The van der Waals surface area contributed by atoms with E-state index in [9.17, 15) is 10.2 Å². The number of fused-ring (bicyclic) bond motifs is 1. The van der Waals surface area contributed by atoms with Gasteiger partial charge in [0.05, 0.1) is 23.9 Å². The van der Waals surface area contributed by atoms with Crippen LogP contribution >= 0.6 is 0 Å². The van der Waals surface area contributed by atoms with Gasteiger partial charge in [-0.2, -0.15) is 5.10 Å². The summed E-state index contributed by atoms with van der Waals surface area (Å²) in [6, 6.07) is 9.33. The highest BCUT2D eigenvalue weighted by Crippen LogP contribution is 2.35. The first-order chi connectivity index (χ1) is 15.9. The van der Waals surface area contributed by atoms with Crippen LogP contribution in [-0.2, 0) is 0 Å². The van der Waals surface area contributed by atoms with E-state index in [2.05, 4.69) is 25.4 Å². The monoisotopic (exact) mass is 446 g/mol. The van der Waals surface area contributed by atoms with Crippen LogP contribution in [-0.4, -0.2) is 47.0 Å². The lowest BCUT2D eigenvalue weighted by Crippen LogP contribution is -2.26. The van der Waals surface area contributed by atoms with Gasteiger partial charge in [-0.05, 0) is 57.2 Å². The Balaban J connectivity index is 1.43. The van der Waals surface area contributed by atoms with Crippen molar-refractivity contribution in [2.24, 2.45) is 0 Å². The number of hydrogen-bond donors (Lipinski definition) is 3. The van der Waals surface area contributed by atoms with Crippen LogP contribution in [0.4, 0.5) is 11.6 Å². The largest absolute Gasteiger partial charge is 0.493 e. The number of pyridine rings is 2. The van der Waals surface area contributed by atoms with Crippen LogP contribution < -0.4 is 10.1 Å². The van der Waals surface area contributed by atoms with Crippen molar-refractivity contribution >= 4 is 17.2 Å². The number of aromatic hydroxyl groups is 1. The first-order valence-corrected chi connectivity index (χ1v) is 11.1. The third-order valence-corrected chi connectivity index (χ3v) is 5.79. The Bertz CT molecular complexity index is 1280. The number of aromatic nitrogens is 5. The Morgan fingerprint density at radius 1 is 1.03 bits per heavy atom. The summed E-state index contributed by atoms with van der Waals surface area (Å²) in [5.74, 6) is 2.60. The van der Waals surface area contributed by atoms with Crippen LogP contribution in [0.5, 0.6) is 11.6 Å². The second kappa shape index (κ2) is 8.67. The van der Waals surface area contributed by atoms with E-state index >= 15 is 0 Å². The molecule has 0 spiro atoms. The van der Waals surface area contributed by atoms with Gasteiger partial charge in [0.1, 0.15) is 17.4 Å². The van der Waals surface area contributed by atoms with E-state index < -0.39 is 0 Å². The third-order valence-electron chi connectivity index (χ3n) is 5.79. The highest BCUT2D eigenvalue weighted by Gasteiger charge is 2.22. The SMILES string of the molecule is Cc1cc(Nc2cc3cc(-c4cc(O)ncc4O[C@H]4CC[C@H](O)CC4)ccn3n2)nc(C)n1. The average molecular weight is 447 g/mol. The Morgan fingerprint density at radius 3 is 2.64 bits per heavy atom. The fourth-order valence-corrected chi connectivity index (χ4v) is 4.23. The average Bonchev–Trinajstić information content (AvgIpc) is 3.17. The van der Waals surface area contributed by atoms with Gasteiger partial charge in [-0.15, -0.1) is 0 Å². The molecule has 9 nitrogen and oxygen atoms in total. The molecule has 4 aromatic rings. The van der Waals surface area contributed by atoms with Gasteiger partial charge in [0.15, 0.2) is 5.82 Å². The van der Waals surface area contributed by atoms with Crippen LogP contribution in [0.3, 0.4) is 0 Å². The van der Waals surface area contributed by atoms with E-state index in [0.717, 1.165) is 48.0 Å². The lowest BCUT2D eigenvalue weighted by atomic mass is 9.95. The summed E-state index contributed by atoms with van der Waals surface area (Å²) < 4.78 is 8.00. The fraction of sp³-hybridized carbons (Fsp3) is 0.333. The maximum atomic E-state index is 10.0. The van der Waals surface area contributed by atoms with Crippen LogP contribution in [0.1, 0.15) is 37.2 Å². The standard InChI is InChI=1S/C24H26N6O3/c1-14-9-22(27-15(2)26-14)28-23-11-17-10-16(7-8-30(17)29-23)20-12-24(32)25-13-21(20)33-19-5-3-18(31)4-6-19/h7-13,18-19,31H,3-6H2,1-2H3,(H,25,32)(H,26,27,28,29)/t18-,19-. The molecule has 0 atom stereocenters. The molecule has 0 aromatic carbocycles. The zero-order chi connectivity index (χ0) is 22.9. The molecule has 9 heteroatoms. The predicted octanol–water partition coefficient (Wildman–Crippen LogP) is 3.93. The molecule has 3 N–H and O–H groups in total. The summed E-state index contributed by atoms with van der Waals surface area (Å²) in [5.41, 5.74) is 3.40. The molecule has 5 rings (SSSR count). The molecule has 4 heterocycles. The maximum Gasteiger partial charge on any atom is 0.211 e. The van der Waals surface area contributed by atoms with Crippen molar-refractivity contribution in [2.45, 2.75) is 51.7 Å². The summed E-state index contributed by atoms with van der Waals surface area (Å²) >= 11 is 0. The molecule has 0 aliphatic heterocycles. The third kappa shape index (κ3) is 4.73. The fourth-order valence-electron chi connectivity index (χ4n) is 4.23. The normalized spacial score (nSPS) is 18.4. The van der Waals surface area contributed by atoms with Crippen LogP contribution in [0, 0.1) is 13.8 Å². The number of rotatable bonds is 5. The summed E-state index contributed by atoms with van der Waals surface area (Å²) in [6.07, 6.45) is 6.24. The Morgan fingerprint density at radius 2 is 1.85 bits per heavy atom. The molecule has 1 aliphatic rings. The van der Waals surface area contributed by atoms with Gasteiger partial charge in [0.2, 0.25) is 5.88 Å². The van der Waals surface area contributed by atoms with Crippen molar-refractivity contribution in [1.29, 1.82) is 0 Å². The molecule has 0 bridgehead atoms. The molecule has 0 saturated heterocycles. The Hall–Kier alpha value is -3.72. The molecule has 0 unspecified atom stereocenters. The van der Waals surface area contributed by atoms with Gasteiger partial charge in [-0.1, -0.05) is 0 Å². The second-order valence-corrected chi connectivity index (χ2v) is 8.47. The smallest absolute Gasteiger partial charge is 0.211 e. The number of nitrogens with zero attached hydrogens (tertiary/aromatic N) is 5. The number of aliphatic hydroxyl groups is 1. The molecule has 1 aliphatic carbocycles. The van der Waals surface area contributed by atoms with Crippen molar-refractivity contribution in [3.8, 4) is 22.8 Å². The van der Waals surface area contributed by atoms with E-state index in [4.69, 9.17) is 4.74 Å². The first kappa shape index (κ1) is 21.1. The number of aliphatic hydroxyl groups excluding tert-OH is 1. The maximum absolute atomic E-state index is 10.0. The Labute approximate surface area is 191 Å². The molecular weight excluding hydrogens is 420 g/mol. The number of nitrogens with one attached hydrogen (secondary N) is 1. The summed E-state index contributed by atoms with van der Waals surface area (Å²) in [5, 5.41) is 27.6. The van der Waals surface area contributed by atoms with Gasteiger partial charge in [0.25, 0.3) is 0 Å². The zero-order valence-corrected chi connectivity index (χ0v) is 18.6. The summed E-state index contributed by atoms with van der Waals surface area (Å²) in [7, 11) is 0. The molecule has 1 saturated carbocycles. The van der Waals surface area contributed by atoms with E-state index in [-0.39, 0.29) is 18.1 Å². The highest BCUT2D eigenvalue weighted by atomic mass is 16.5. The quantitative estimate of drug-likeness (QED) is 0.422. The van der Waals surface area contributed by atoms with E-state index in [1.165, 1.54) is 0 Å². The van der Waals surface area contributed by atoms with Crippen molar-refractivity contribution < 1.29 is 14.9 Å². The number of hydrogen-bond acceptors (Lipinski definition) is 8. The van der Waals surface area contributed by atoms with E-state index in [1.807, 2.05) is 44.3 Å². The highest BCUT2D eigenvalue weighted by molar-refractivity contribution is 5.75. The van der Waals surface area contributed by atoms with Gasteiger partial charge in [0, 0.05) is 35.7 Å². The Kier molecular flexibility index (Phi) is 5.55. The van der Waals surface area contributed by atoms with Crippen LogP contribution in [0.25, 0.3) is 16.6 Å². The topological polar surface area (TPSA) is 118 Å². The van der Waals surface area contributed by atoms with Crippen LogP contribution in [0.2, 0.25) is 0 Å². The molecule has 0 radical (unpaired) electrons. The summed E-state index contributed by atoms with van der Waals surface area (Å²) in [4.78, 5) is 12.7. The first-order valence-electron chi connectivity index (χ1n) is 11.1. The lowest BCUT2D eigenvalue weighted by Gasteiger charge is -2.27. The van der Waals surface area contributed by atoms with Crippen LogP contribution in [0.15, 0.2) is 42.7 Å². The summed E-state index contributed by atoms with van der Waals surface area (Å²) in [6.45, 7) is 3.78. The molecule has 4 aromatic heterocycles. The zero-order valence-electron chi connectivity index (χ0n) is 18.6. The van der Waals surface area contributed by atoms with Gasteiger partial charge in [-0.25, -0.2) is 19.5 Å². The molecule has 33 heavy (non-hydrogen) atoms. The number of ether oxygens (including phenoxy) is 1. The van der Waals surface area contributed by atoms with Gasteiger partial charge >= 0.3 is 0 Å². The van der Waals surface area contributed by atoms with E-state index in [1.54, 1.807) is 16.8 Å². The number of anilines is 2. The minimum atomic E-state index is -0.246. The molecule has 1 fully saturated rings. The number of aryl methyl sites for hydroxylation is 2. The minimum absolute atomic E-state index is 0.0211. The molecular formula is C24H26N6O3. The van der Waals surface area contributed by atoms with Crippen molar-refractivity contribution in [2.75, 3.05) is 5.32 Å². The lowest BCUT2D eigenvalue weighted by molar-refractivity contribution is 0.0666. The molecule has 0 amide bonds. The predicted molar refractivity (Wildman–Crippen MR) is 124 cm³/mol.